The minimum Gasteiger partial charge on any atom is -0.480 e. The number of hydrogen-bond acceptors (Lipinski definition) is 6. The molecule has 3 N–H and O–H groups in total. The van der Waals surface area contributed by atoms with Crippen LogP contribution in [0.5, 0.6) is 0 Å². The van der Waals surface area contributed by atoms with Gasteiger partial charge < -0.3 is 15.3 Å². The third-order valence-corrected chi connectivity index (χ3v) is 3.49. The zero-order chi connectivity index (χ0) is 14.8. The molecule has 0 saturated heterocycles. The summed E-state index contributed by atoms with van der Waals surface area (Å²) in [7, 11) is -4.34. The lowest BCUT2D eigenvalue weighted by Crippen LogP contribution is -2.17. The molecule has 0 amide bonds. The average Bonchev–Trinajstić information content (AvgIpc) is 2.26. The number of sulfone groups is 1. The van der Waals surface area contributed by atoms with E-state index in [0.29, 0.717) is 12.1 Å². The third-order valence-electron chi connectivity index (χ3n) is 1.91. The Balaban J connectivity index is 3.47. The van der Waals surface area contributed by atoms with Crippen molar-refractivity contribution < 1.29 is 38.1 Å². The van der Waals surface area contributed by atoms with Gasteiger partial charge in [-0.05, 0) is 12.1 Å². The van der Waals surface area contributed by atoms with E-state index in [9.17, 15) is 22.8 Å². The second-order valence-electron chi connectivity index (χ2n) is 3.34. The molecule has 1 aromatic rings. The first-order chi connectivity index (χ1) is 8.63. The van der Waals surface area contributed by atoms with Crippen LogP contribution in [0.15, 0.2) is 17.0 Å². The highest BCUT2D eigenvalue weighted by atomic mass is 32.2. The molecule has 0 aliphatic carbocycles. The first kappa shape index (κ1) is 14.6. The van der Waals surface area contributed by atoms with E-state index in [4.69, 9.17) is 15.3 Å². The Morgan fingerprint density at radius 2 is 1.42 bits per heavy atom. The van der Waals surface area contributed by atoms with E-state index in [1.165, 1.54) is 0 Å². The lowest BCUT2D eigenvalue weighted by atomic mass is 10.3. The van der Waals surface area contributed by atoms with E-state index in [1.807, 2.05) is 0 Å². The van der Waals surface area contributed by atoms with E-state index >= 15 is 0 Å². The largest absolute Gasteiger partial charge is 0.480 e. The molecular weight excluding hydrogens is 282 g/mol. The van der Waals surface area contributed by atoms with Gasteiger partial charge in [0.2, 0.25) is 0 Å². The minimum atomic E-state index is -4.34. The normalized spacial score (nSPS) is 10.9. The van der Waals surface area contributed by atoms with Gasteiger partial charge in [0.05, 0.1) is 4.90 Å². The van der Waals surface area contributed by atoms with Gasteiger partial charge in [0, 0.05) is 0 Å². The van der Waals surface area contributed by atoms with Crippen LogP contribution >= 0.6 is 0 Å². The number of aliphatic carboxylic acids is 1. The standard InChI is InChI=1S/C9H7NO8S/c11-7(12)3-19(17,18)4-1-5(8(13)14)10-6(2-4)9(15)16/h1-2H,3H2,(H,11,12)(H,13,14)(H,15,16). The molecule has 0 aliphatic rings. The summed E-state index contributed by atoms with van der Waals surface area (Å²) in [5.41, 5.74) is -1.60. The van der Waals surface area contributed by atoms with Crippen molar-refractivity contribution in [3.8, 4) is 0 Å². The van der Waals surface area contributed by atoms with Crippen LogP contribution in [-0.4, -0.2) is 52.4 Å². The van der Waals surface area contributed by atoms with Gasteiger partial charge in [0.25, 0.3) is 0 Å². The number of aromatic nitrogens is 1. The SMILES string of the molecule is O=C(O)CS(=O)(=O)c1cc(C(=O)O)nc(C(=O)O)c1. The van der Waals surface area contributed by atoms with Gasteiger partial charge in [-0.1, -0.05) is 0 Å². The van der Waals surface area contributed by atoms with Gasteiger partial charge in [-0.25, -0.2) is 23.0 Å². The fourth-order valence-electron chi connectivity index (χ4n) is 1.15. The number of pyridine rings is 1. The molecule has 0 aromatic carbocycles. The van der Waals surface area contributed by atoms with Gasteiger partial charge in [-0.3, -0.25) is 4.79 Å². The Morgan fingerprint density at radius 1 is 1.00 bits per heavy atom. The second kappa shape index (κ2) is 5.02. The van der Waals surface area contributed by atoms with Gasteiger partial charge in [-0.15, -0.1) is 0 Å². The summed E-state index contributed by atoms with van der Waals surface area (Å²) < 4.78 is 23.2. The Labute approximate surface area is 106 Å². The Bertz CT molecular complexity index is 631. The molecule has 19 heavy (non-hydrogen) atoms. The van der Waals surface area contributed by atoms with Crippen molar-refractivity contribution in [2.45, 2.75) is 4.90 Å². The second-order valence-corrected chi connectivity index (χ2v) is 5.33. The Hall–Kier alpha value is -2.49. The van der Waals surface area contributed by atoms with Crippen molar-refractivity contribution in [1.82, 2.24) is 4.98 Å². The fraction of sp³-hybridized carbons (Fsp3) is 0.111. The first-order valence-electron chi connectivity index (χ1n) is 4.56. The minimum absolute atomic E-state index is 0.604. The smallest absolute Gasteiger partial charge is 0.354 e. The summed E-state index contributed by atoms with van der Waals surface area (Å²) >= 11 is 0. The summed E-state index contributed by atoms with van der Waals surface area (Å²) in [6, 6.07) is 1.21. The number of hydrogen-bond donors (Lipinski definition) is 3. The molecule has 1 rings (SSSR count). The van der Waals surface area contributed by atoms with Gasteiger partial charge >= 0.3 is 17.9 Å². The lowest BCUT2D eigenvalue weighted by molar-refractivity contribution is -0.134. The van der Waals surface area contributed by atoms with E-state index in [0.717, 1.165) is 0 Å². The summed E-state index contributed by atoms with van der Waals surface area (Å²) in [6.07, 6.45) is 0. The maximum absolute atomic E-state index is 11.6. The number of aromatic carboxylic acids is 2. The maximum Gasteiger partial charge on any atom is 0.354 e. The van der Waals surface area contributed by atoms with Crippen LogP contribution in [0.1, 0.15) is 21.0 Å². The molecule has 0 spiro atoms. The molecule has 0 saturated carbocycles. The summed E-state index contributed by atoms with van der Waals surface area (Å²) in [5, 5.41) is 25.8. The molecule has 0 unspecified atom stereocenters. The molecule has 0 atom stereocenters. The number of carboxylic acids is 3. The predicted octanol–water partition coefficient (Wildman–Crippen LogP) is -0.664. The fourth-order valence-corrected chi connectivity index (χ4v) is 2.22. The van der Waals surface area contributed by atoms with Crippen molar-refractivity contribution in [2.75, 3.05) is 5.75 Å². The average molecular weight is 289 g/mol. The predicted molar refractivity (Wildman–Crippen MR) is 57.8 cm³/mol. The van der Waals surface area contributed by atoms with Crippen LogP contribution in [-0.2, 0) is 14.6 Å². The molecule has 0 bridgehead atoms. The zero-order valence-corrected chi connectivity index (χ0v) is 9.92. The number of carbonyl (C=O) groups is 3. The van der Waals surface area contributed by atoms with Gasteiger partial charge in [0.15, 0.2) is 15.6 Å². The molecule has 0 fully saturated rings. The molecule has 1 aromatic heterocycles. The quantitative estimate of drug-likeness (QED) is 0.639. The highest BCUT2D eigenvalue weighted by Gasteiger charge is 2.23. The van der Waals surface area contributed by atoms with Crippen molar-refractivity contribution in [1.29, 1.82) is 0 Å². The molecule has 9 nitrogen and oxygen atoms in total. The van der Waals surface area contributed by atoms with E-state index < -0.39 is 49.8 Å². The van der Waals surface area contributed by atoms with Gasteiger partial charge in [0.1, 0.15) is 11.4 Å². The molecule has 1 heterocycles. The first-order valence-corrected chi connectivity index (χ1v) is 6.22. The summed E-state index contributed by atoms with van der Waals surface area (Å²) in [6.45, 7) is 0. The van der Waals surface area contributed by atoms with Crippen LogP contribution in [0.2, 0.25) is 0 Å². The number of rotatable bonds is 5. The van der Waals surface area contributed by atoms with Crippen molar-refractivity contribution in [3.05, 3.63) is 23.5 Å². The van der Waals surface area contributed by atoms with Crippen LogP contribution < -0.4 is 0 Å². The molecule has 0 radical (unpaired) electrons. The van der Waals surface area contributed by atoms with Gasteiger partial charge in [-0.2, -0.15) is 0 Å². The molecule has 102 valence electrons. The van der Waals surface area contributed by atoms with Crippen LogP contribution in [0.3, 0.4) is 0 Å². The van der Waals surface area contributed by atoms with Crippen LogP contribution in [0, 0.1) is 0 Å². The highest BCUT2D eigenvalue weighted by molar-refractivity contribution is 7.92. The summed E-state index contributed by atoms with van der Waals surface area (Å²) in [5.74, 6) is -6.19. The van der Waals surface area contributed by atoms with Crippen molar-refractivity contribution >= 4 is 27.7 Å². The van der Waals surface area contributed by atoms with E-state index in [2.05, 4.69) is 4.98 Å². The topological polar surface area (TPSA) is 159 Å². The zero-order valence-electron chi connectivity index (χ0n) is 9.10. The Morgan fingerprint density at radius 3 is 1.74 bits per heavy atom. The van der Waals surface area contributed by atoms with E-state index in [-0.39, 0.29) is 0 Å². The Kier molecular flexibility index (Phi) is 3.85. The molecular formula is C9H7NO8S. The van der Waals surface area contributed by atoms with E-state index in [1.54, 1.807) is 0 Å². The summed E-state index contributed by atoms with van der Waals surface area (Å²) in [4.78, 5) is 34.3. The van der Waals surface area contributed by atoms with Crippen molar-refractivity contribution in [2.24, 2.45) is 0 Å². The third kappa shape index (κ3) is 3.48. The highest BCUT2D eigenvalue weighted by Crippen LogP contribution is 2.14. The monoisotopic (exact) mass is 289 g/mol. The number of carboxylic acid groups (broad SMARTS) is 3. The van der Waals surface area contributed by atoms with Crippen LogP contribution in [0.4, 0.5) is 0 Å². The molecule has 0 aliphatic heterocycles. The molecule has 10 heteroatoms. The lowest BCUT2D eigenvalue weighted by Gasteiger charge is -2.04. The maximum atomic E-state index is 11.6. The number of nitrogens with zero attached hydrogens (tertiary/aromatic N) is 1. The van der Waals surface area contributed by atoms with Crippen LogP contribution in [0.25, 0.3) is 0 Å². The van der Waals surface area contributed by atoms with Crippen molar-refractivity contribution in [3.63, 3.8) is 0 Å².